The van der Waals surface area contributed by atoms with Crippen LogP contribution in [0.15, 0.2) is 0 Å². The molecule has 0 radical (unpaired) electrons. The monoisotopic (exact) mass is 263 g/mol. The molecule has 0 aromatic rings. The Labute approximate surface area is 103 Å². The van der Waals surface area contributed by atoms with Gasteiger partial charge in [-0.25, -0.2) is 8.42 Å². The highest BCUT2D eigenvalue weighted by Crippen LogP contribution is 2.21. The van der Waals surface area contributed by atoms with E-state index in [9.17, 15) is 13.2 Å². The molecule has 1 unspecified atom stereocenters. The zero-order chi connectivity index (χ0) is 13.1. The van der Waals surface area contributed by atoms with E-state index in [4.69, 9.17) is 5.11 Å². The van der Waals surface area contributed by atoms with Crippen molar-refractivity contribution in [1.29, 1.82) is 0 Å². The second kappa shape index (κ2) is 5.82. The highest BCUT2D eigenvalue weighted by molar-refractivity contribution is 7.91. The molecule has 1 saturated heterocycles. The highest BCUT2D eigenvalue weighted by Gasteiger charge is 2.35. The van der Waals surface area contributed by atoms with Gasteiger partial charge in [0, 0.05) is 19.2 Å². The highest BCUT2D eigenvalue weighted by atomic mass is 32.2. The summed E-state index contributed by atoms with van der Waals surface area (Å²) in [6.45, 7) is 4.33. The summed E-state index contributed by atoms with van der Waals surface area (Å²) in [6, 6.07) is 0.0392. The van der Waals surface area contributed by atoms with Crippen LogP contribution >= 0.6 is 0 Å². The van der Waals surface area contributed by atoms with Crippen LogP contribution in [0, 0.1) is 5.92 Å². The van der Waals surface area contributed by atoms with Crippen molar-refractivity contribution in [2.24, 2.45) is 5.92 Å². The maximum atomic E-state index is 12.2. The molecule has 0 aromatic heterocycles. The van der Waals surface area contributed by atoms with E-state index in [0.29, 0.717) is 19.4 Å². The molecule has 0 saturated carbocycles. The van der Waals surface area contributed by atoms with E-state index in [1.807, 2.05) is 13.8 Å². The van der Waals surface area contributed by atoms with Gasteiger partial charge in [0.15, 0.2) is 9.84 Å². The van der Waals surface area contributed by atoms with Crippen molar-refractivity contribution < 1.29 is 18.3 Å². The summed E-state index contributed by atoms with van der Waals surface area (Å²) in [7, 11) is -3.02. The normalized spacial score (nSPS) is 22.9. The van der Waals surface area contributed by atoms with Gasteiger partial charge in [0.05, 0.1) is 17.4 Å². The lowest BCUT2D eigenvalue weighted by Gasteiger charge is -2.28. The Morgan fingerprint density at radius 2 is 2.12 bits per heavy atom. The molecule has 1 heterocycles. The van der Waals surface area contributed by atoms with Gasteiger partial charge >= 0.3 is 0 Å². The molecule has 17 heavy (non-hydrogen) atoms. The zero-order valence-corrected chi connectivity index (χ0v) is 11.2. The molecule has 0 spiro atoms. The number of rotatable bonds is 5. The third-order valence-corrected chi connectivity index (χ3v) is 4.81. The Kier molecular flexibility index (Phi) is 4.94. The topological polar surface area (TPSA) is 74.7 Å². The Balaban J connectivity index is 2.65. The first-order valence-corrected chi connectivity index (χ1v) is 7.81. The summed E-state index contributed by atoms with van der Waals surface area (Å²) >= 11 is 0. The van der Waals surface area contributed by atoms with E-state index in [-0.39, 0.29) is 36.0 Å². The van der Waals surface area contributed by atoms with Crippen molar-refractivity contribution in [3.63, 3.8) is 0 Å². The van der Waals surface area contributed by atoms with E-state index < -0.39 is 9.84 Å². The average Bonchev–Trinajstić information content (AvgIpc) is 2.58. The van der Waals surface area contributed by atoms with Gasteiger partial charge in [-0.2, -0.15) is 0 Å². The predicted octanol–water partition coefficient (Wildman–Crippen LogP) is 0.0405. The lowest BCUT2D eigenvalue weighted by molar-refractivity contribution is -0.136. The van der Waals surface area contributed by atoms with Crippen LogP contribution in [0.4, 0.5) is 0 Å². The third kappa shape index (κ3) is 3.96. The summed E-state index contributed by atoms with van der Waals surface area (Å²) in [5, 5.41) is 8.79. The van der Waals surface area contributed by atoms with Gasteiger partial charge in [-0.3, -0.25) is 4.79 Å². The number of hydrogen-bond acceptors (Lipinski definition) is 4. The van der Waals surface area contributed by atoms with Crippen LogP contribution < -0.4 is 0 Å². The SMILES string of the molecule is CC(C)N(CCCO)C(=O)C1CCS(=O)(=O)C1. The largest absolute Gasteiger partial charge is 0.396 e. The molecule has 100 valence electrons. The van der Waals surface area contributed by atoms with Crippen LogP contribution in [0.1, 0.15) is 26.7 Å². The molecule has 0 bridgehead atoms. The number of aliphatic hydroxyl groups is 1. The summed E-state index contributed by atoms with van der Waals surface area (Å²) in [5.74, 6) is -0.376. The number of carbonyl (C=O) groups is 1. The van der Waals surface area contributed by atoms with E-state index in [2.05, 4.69) is 0 Å². The molecule has 1 amide bonds. The molecule has 1 rings (SSSR count). The van der Waals surface area contributed by atoms with Crippen LogP contribution in [0.5, 0.6) is 0 Å². The van der Waals surface area contributed by atoms with Gasteiger partial charge in [-0.15, -0.1) is 0 Å². The number of amides is 1. The lowest BCUT2D eigenvalue weighted by atomic mass is 10.1. The van der Waals surface area contributed by atoms with Crippen LogP contribution in [-0.2, 0) is 14.6 Å². The van der Waals surface area contributed by atoms with Gasteiger partial charge in [-0.05, 0) is 26.7 Å². The molecule has 1 aliphatic rings. The third-order valence-electron chi connectivity index (χ3n) is 3.05. The van der Waals surface area contributed by atoms with Crippen LogP contribution in [0.25, 0.3) is 0 Å². The summed E-state index contributed by atoms with van der Waals surface area (Å²) in [5.41, 5.74) is 0. The minimum atomic E-state index is -3.02. The minimum absolute atomic E-state index is 0.0197. The van der Waals surface area contributed by atoms with Crippen molar-refractivity contribution in [1.82, 2.24) is 4.90 Å². The second-order valence-corrected chi connectivity index (χ2v) is 7.03. The fourth-order valence-electron chi connectivity index (χ4n) is 2.09. The maximum Gasteiger partial charge on any atom is 0.226 e. The first-order valence-electron chi connectivity index (χ1n) is 5.99. The predicted molar refractivity (Wildman–Crippen MR) is 65.3 cm³/mol. The number of hydrogen-bond donors (Lipinski definition) is 1. The molecule has 1 aliphatic heterocycles. The Bertz CT molecular complexity index is 364. The average molecular weight is 263 g/mol. The first-order chi connectivity index (χ1) is 7.87. The van der Waals surface area contributed by atoms with E-state index >= 15 is 0 Å². The molecule has 5 nitrogen and oxygen atoms in total. The molecule has 1 N–H and O–H groups in total. The van der Waals surface area contributed by atoms with Crippen LogP contribution in [-0.4, -0.2) is 55.0 Å². The minimum Gasteiger partial charge on any atom is -0.396 e. The zero-order valence-electron chi connectivity index (χ0n) is 10.4. The Morgan fingerprint density at radius 3 is 2.53 bits per heavy atom. The molecule has 0 aromatic carbocycles. The van der Waals surface area contributed by atoms with E-state index in [1.165, 1.54) is 0 Å². The van der Waals surface area contributed by atoms with Crippen molar-refractivity contribution in [3.05, 3.63) is 0 Å². The Hall–Kier alpha value is -0.620. The number of aliphatic hydroxyl groups excluding tert-OH is 1. The molecular weight excluding hydrogens is 242 g/mol. The fourth-order valence-corrected chi connectivity index (χ4v) is 3.82. The van der Waals surface area contributed by atoms with Gasteiger partial charge in [0.1, 0.15) is 0 Å². The molecular formula is C11H21NO4S. The van der Waals surface area contributed by atoms with Crippen molar-refractivity contribution in [2.45, 2.75) is 32.7 Å². The smallest absolute Gasteiger partial charge is 0.226 e. The maximum absolute atomic E-state index is 12.2. The van der Waals surface area contributed by atoms with Crippen LogP contribution in [0.2, 0.25) is 0 Å². The number of nitrogens with zero attached hydrogens (tertiary/aromatic N) is 1. The van der Waals surface area contributed by atoms with Gasteiger partial charge in [0.2, 0.25) is 5.91 Å². The van der Waals surface area contributed by atoms with Crippen molar-refractivity contribution in [2.75, 3.05) is 24.7 Å². The van der Waals surface area contributed by atoms with Gasteiger partial charge < -0.3 is 10.0 Å². The molecule has 1 atom stereocenters. The van der Waals surface area contributed by atoms with E-state index in [1.54, 1.807) is 4.90 Å². The van der Waals surface area contributed by atoms with Gasteiger partial charge in [0.25, 0.3) is 0 Å². The molecule has 1 fully saturated rings. The lowest BCUT2D eigenvalue weighted by Crippen LogP contribution is -2.42. The standard InChI is InChI=1S/C11H21NO4S/c1-9(2)12(5-3-6-13)11(14)10-4-7-17(15,16)8-10/h9-10,13H,3-8H2,1-2H3. The summed E-state index contributed by atoms with van der Waals surface area (Å²) in [6.07, 6.45) is 0.965. The summed E-state index contributed by atoms with van der Waals surface area (Å²) in [4.78, 5) is 13.8. The second-order valence-electron chi connectivity index (χ2n) is 4.80. The fraction of sp³-hybridized carbons (Fsp3) is 0.909. The van der Waals surface area contributed by atoms with Crippen molar-refractivity contribution in [3.8, 4) is 0 Å². The van der Waals surface area contributed by atoms with Crippen LogP contribution in [0.3, 0.4) is 0 Å². The Morgan fingerprint density at radius 1 is 1.47 bits per heavy atom. The first kappa shape index (κ1) is 14.4. The van der Waals surface area contributed by atoms with E-state index in [0.717, 1.165) is 0 Å². The quantitative estimate of drug-likeness (QED) is 0.760. The molecule has 0 aliphatic carbocycles. The molecule has 6 heteroatoms. The summed E-state index contributed by atoms with van der Waals surface area (Å²) < 4.78 is 22.7. The van der Waals surface area contributed by atoms with Gasteiger partial charge in [-0.1, -0.05) is 0 Å². The number of carbonyl (C=O) groups excluding carboxylic acids is 1. The van der Waals surface area contributed by atoms with Crippen molar-refractivity contribution >= 4 is 15.7 Å². The number of sulfone groups is 1.